The Bertz CT molecular complexity index is 158. The van der Waals surface area contributed by atoms with E-state index in [0.29, 0.717) is 0 Å². The van der Waals surface area contributed by atoms with Crippen LogP contribution in [-0.4, -0.2) is 31.1 Å². The highest BCUT2D eigenvalue weighted by Crippen LogP contribution is 2.36. The van der Waals surface area contributed by atoms with Gasteiger partial charge in [-0.3, -0.25) is 0 Å². The predicted molar refractivity (Wildman–Crippen MR) is 60.2 cm³/mol. The monoisotopic (exact) mass is 196 g/mol. The van der Waals surface area contributed by atoms with Crippen LogP contribution in [0.5, 0.6) is 0 Å². The van der Waals surface area contributed by atoms with Gasteiger partial charge in [-0.2, -0.15) is 0 Å². The summed E-state index contributed by atoms with van der Waals surface area (Å²) in [6.07, 6.45) is 8.57. The van der Waals surface area contributed by atoms with E-state index in [1.807, 2.05) is 0 Å². The molecule has 1 atom stereocenters. The van der Waals surface area contributed by atoms with Gasteiger partial charge in [0.1, 0.15) is 0 Å². The Hall–Kier alpha value is -0.0800. The first-order chi connectivity index (χ1) is 6.90. The van der Waals surface area contributed by atoms with Crippen molar-refractivity contribution < 1.29 is 0 Å². The maximum absolute atomic E-state index is 5.84. The molecule has 1 unspecified atom stereocenters. The Kier molecular flexibility index (Phi) is 3.82. The van der Waals surface area contributed by atoms with Crippen LogP contribution in [0.15, 0.2) is 0 Å². The molecule has 2 heteroatoms. The standard InChI is InChI=1S/C12H24N2/c13-9-12(11-5-6-11)10-14-7-3-1-2-4-8-14/h11-12H,1-10,13H2. The van der Waals surface area contributed by atoms with Crippen LogP contribution in [0.3, 0.4) is 0 Å². The van der Waals surface area contributed by atoms with Gasteiger partial charge in [0, 0.05) is 6.54 Å². The van der Waals surface area contributed by atoms with Gasteiger partial charge in [-0.05, 0) is 57.2 Å². The summed E-state index contributed by atoms with van der Waals surface area (Å²) in [6.45, 7) is 4.83. The molecule has 0 aromatic carbocycles. The number of hydrogen-bond donors (Lipinski definition) is 1. The molecule has 0 amide bonds. The zero-order valence-electron chi connectivity index (χ0n) is 9.25. The van der Waals surface area contributed by atoms with E-state index in [1.165, 1.54) is 58.2 Å². The maximum Gasteiger partial charge on any atom is 0.00244 e. The molecule has 1 heterocycles. The SMILES string of the molecule is NCC(CN1CCCCCC1)C1CC1. The predicted octanol–water partition coefficient (Wildman–Crippen LogP) is 1.85. The summed E-state index contributed by atoms with van der Waals surface area (Å²) in [7, 11) is 0. The minimum absolute atomic E-state index is 0.799. The average Bonchev–Trinajstić information content (AvgIpc) is 3.01. The van der Waals surface area contributed by atoms with Crippen LogP contribution in [-0.2, 0) is 0 Å². The second-order valence-corrected chi connectivity index (χ2v) is 5.05. The lowest BCUT2D eigenvalue weighted by atomic mass is 10.0. The quantitative estimate of drug-likeness (QED) is 0.743. The first-order valence-electron chi connectivity index (χ1n) is 6.32. The van der Waals surface area contributed by atoms with Crippen molar-refractivity contribution >= 4 is 0 Å². The molecule has 0 aromatic heterocycles. The van der Waals surface area contributed by atoms with E-state index in [1.54, 1.807) is 0 Å². The fraction of sp³-hybridized carbons (Fsp3) is 1.00. The molecule has 0 bridgehead atoms. The van der Waals surface area contributed by atoms with Crippen molar-refractivity contribution in [3.8, 4) is 0 Å². The topological polar surface area (TPSA) is 29.3 Å². The van der Waals surface area contributed by atoms with Gasteiger partial charge in [-0.25, -0.2) is 0 Å². The molecule has 2 N–H and O–H groups in total. The summed E-state index contributed by atoms with van der Waals surface area (Å²) in [5, 5.41) is 0. The number of nitrogens with two attached hydrogens (primary N) is 1. The summed E-state index contributed by atoms with van der Waals surface area (Å²) < 4.78 is 0. The fourth-order valence-corrected chi connectivity index (χ4v) is 2.63. The largest absolute Gasteiger partial charge is 0.330 e. The van der Waals surface area contributed by atoms with Gasteiger partial charge >= 0.3 is 0 Å². The van der Waals surface area contributed by atoms with Crippen molar-refractivity contribution in [2.75, 3.05) is 26.2 Å². The molecule has 1 aliphatic heterocycles. The van der Waals surface area contributed by atoms with Crippen molar-refractivity contribution in [2.24, 2.45) is 17.6 Å². The molecule has 14 heavy (non-hydrogen) atoms. The number of hydrogen-bond acceptors (Lipinski definition) is 2. The summed E-state index contributed by atoms with van der Waals surface area (Å²) in [4.78, 5) is 2.66. The van der Waals surface area contributed by atoms with Crippen molar-refractivity contribution in [3.63, 3.8) is 0 Å². The average molecular weight is 196 g/mol. The molecule has 82 valence electrons. The van der Waals surface area contributed by atoms with E-state index in [4.69, 9.17) is 5.73 Å². The van der Waals surface area contributed by atoms with Crippen molar-refractivity contribution in [1.82, 2.24) is 4.90 Å². The lowest BCUT2D eigenvalue weighted by Crippen LogP contribution is -2.34. The van der Waals surface area contributed by atoms with Crippen LogP contribution in [0.4, 0.5) is 0 Å². The zero-order chi connectivity index (χ0) is 9.80. The third-order valence-electron chi connectivity index (χ3n) is 3.78. The molecular formula is C12H24N2. The highest BCUT2D eigenvalue weighted by Gasteiger charge is 2.31. The Labute approximate surface area is 87.8 Å². The number of nitrogens with zero attached hydrogens (tertiary/aromatic N) is 1. The number of rotatable bonds is 4. The fourth-order valence-electron chi connectivity index (χ4n) is 2.63. The molecule has 2 aliphatic rings. The summed E-state index contributed by atoms with van der Waals surface area (Å²) in [5.41, 5.74) is 5.84. The molecule has 1 saturated carbocycles. The maximum atomic E-state index is 5.84. The van der Waals surface area contributed by atoms with Crippen molar-refractivity contribution in [3.05, 3.63) is 0 Å². The van der Waals surface area contributed by atoms with Crippen molar-refractivity contribution in [1.29, 1.82) is 0 Å². The molecule has 2 nitrogen and oxygen atoms in total. The summed E-state index contributed by atoms with van der Waals surface area (Å²) in [6, 6.07) is 0. The Balaban J connectivity index is 1.75. The van der Waals surface area contributed by atoms with Crippen LogP contribution >= 0.6 is 0 Å². The van der Waals surface area contributed by atoms with Crippen LogP contribution in [0, 0.1) is 11.8 Å². The molecule has 2 rings (SSSR count). The van der Waals surface area contributed by atoms with E-state index in [2.05, 4.69) is 4.90 Å². The lowest BCUT2D eigenvalue weighted by Gasteiger charge is -2.25. The second-order valence-electron chi connectivity index (χ2n) is 5.05. The third kappa shape index (κ3) is 2.96. The van der Waals surface area contributed by atoms with E-state index in [0.717, 1.165) is 18.4 Å². The lowest BCUT2D eigenvalue weighted by molar-refractivity contribution is 0.228. The van der Waals surface area contributed by atoms with E-state index in [9.17, 15) is 0 Å². The van der Waals surface area contributed by atoms with Crippen LogP contribution in [0.2, 0.25) is 0 Å². The van der Waals surface area contributed by atoms with Gasteiger partial charge < -0.3 is 10.6 Å². The van der Waals surface area contributed by atoms with Crippen molar-refractivity contribution in [2.45, 2.75) is 38.5 Å². The minimum atomic E-state index is 0.799. The van der Waals surface area contributed by atoms with Gasteiger partial charge in [0.25, 0.3) is 0 Å². The Morgan fingerprint density at radius 3 is 2.21 bits per heavy atom. The first kappa shape index (κ1) is 10.4. The molecule has 0 spiro atoms. The third-order valence-corrected chi connectivity index (χ3v) is 3.78. The first-order valence-corrected chi connectivity index (χ1v) is 6.32. The second kappa shape index (κ2) is 5.13. The highest BCUT2D eigenvalue weighted by molar-refractivity contribution is 4.84. The van der Waals surface area contributed by atoms with E-state index < -0.39 is 0 Å². The zero-order valence-corrected chi connectivity index (χ0v) is 9.25. The Morgan fingerprint density at radius 1 is 1.07 bits per heavy atom. The van der Waals surface area contributed by atoms with E-state index >= 15 is 0 Å². The summed E-state index contributed by atoms with van der Waals surface area (Å²) >= 11 is 0. The highest BCUT2D eigenvalue weighted by atomic mass is 15.1. The number of likely N-dealkylation sites (tertiary alicyclic amines) is 1. The normalized spacial score (nSPS) is 27.2. The van der Waals surface area contributed by atoms with Gasteiger partial charge in [0.15, 0.2) is 0 Å². The molecule has 1 aliphatic carbocycles. The van der Waals surface area contributed by atoms with Crippen LogP contribution < -0.4 is 5.73 Å². The van der Waals surface area contributed by atoms with Gasteiger partial charge in [0.05, 0.1) is 0 Å². The smallest absolute Gasteiger partial charge is 0.00244 e. The van der Waals surface area contributed by atoms with Crippen LogP contribution in [0.1, 0.15) is 38.5 Å². The van der Waals surface area contributed by atoms with Crippen LogP contribution in [0.25, 0.3) is 0 Å². The minimum Gasteiger partial charge on any atom is -0.330 e. The van der Waals surface area contributed by atoms with Gasteiger partial charge in [-0.1, -0.05) is 12.8 Å². The Morgan fingerprint density at radius 2 is 1.71 bits per heavy atom. The molecule has 0 radical (unpaired) electrons. The van der Waals surface area contributed by atoms with Gasteiger partial charge in [-0.15, -0.1) is 0 Å². The molecule has 2 fully saturated rings. The molecular weight excluding hydrogens is 172 g/mol. The van der Waals surface area contributed by atoms with E-state index in [-0.39, 0.29) is 0 Å². The molecule has 1 saturated heterocycles. The van der Waals surface area contributed by atoms with Gasteiger partial charge in [0.2, 0.25) is 0 Å². The summed E-state index contributed by atoms with van der Waals surface area (Å²) in [5.74, 6) is 1.77. The molecule has 0 aromatic rings.